The molecule has 2 N–H and O–H groups in total. The fourth-order valence-corrected chi connectivity index (χ4v) is 3.13. The average molecular weight is 249 g/mol. The normalized spacial score (nSPS) is 12.8. The van der Waals surface area contributed by atoms with Crippen LogP contribution in [0.5, 0.6) is 0 Å². The molecular weight excluding hydrogens is 233 g/mol. The van der Waals surface area contributed by atoms with E-state index in [0.29, 0.717) is 0 Å². The Balaban J connectivity index is 2.43. The first kappa shape index (κ1) is 12.3. The number of hydrogen-bond donors (Lipinski definition) is 1. The van der Waals surface area contributed by atoms with E-state index in [4.69, 9.17) is 5.73 Å². The second-order valence-corrected chi connectivity index (χ2v) is 5.73. The standard InChI is InChI=1S/C14H16FNS/c1-8-4-11(7-12(15)5-8)13(16)14-9(2)6-10(3)17-14/h4-7,13H,16H2,1-3H3. The van der Waals surface area contributed by atoms with Gasteiger partial charge in [-0.05, 0) is 55.7 Å². The lowest BCUT2D eigenvalue weighted by Gasteiger charge is -2.12. The summed E-state index contributed by atoms with van der Waals surface area (Å²) >= 11 is 1.68. The van der Waals surface area contributed by atoms with Crippen molar-refractivity contribution in [3.63, 3.8) is 0 Å². The van der Waals surface area contributed by atoms with Crippen molar-refractivity contribution in [1.82, 2.24) is 0 Å². The number of hydrogen-bond acceptors (Lipinski definition) is 2. The molecule has 0 radical (unpaired) electrons. The Hall–Kier alpha value is -1.19. The summed E-state index contributed by atoms with van der Waals surface area (Å²) in [6, 6.07) is 6.87. The van der Waals surface area contributed by atoms with Gasteiger partial charge in [-0.2, -0.15) is 0 Å². The van der Waals surface area contributed by atoms with Gasteiger partial charge in [-0.1, -0.05) is 6.07 Å². The zero-order valence-corrected chi connectivity index (χ0v) is 11.1. The van der Waals surface area contributed by atoms with Crippen LogP contribution in [-0.2, 0) is 0 Å². The first-order valence-electron chi connectivity index (χ1n) is 5.57. The van der Waals surface area contributed by atoms with E-state index in [0.717, 1.165) is 16.0 Å². The van der Waals surface area contributed by atoms with Crippen molar-refractivity contribution in [3.05, 3.63) is 56.5 Å². The van der Waals surface area contributed by atoms with Crippen LogP contribution in [0.3, 0.4) is 0 Å². The van der Waals surface area contributed by atoms with Gasteiger partial charge < -0.3 is 5.73 Å². The molecular formula is C14H16FNS. The number of rotatable bonds is 2. The molecule has 0 aliphatic heterocycles. The lowest BCUT2D eigenvalue weighted by molar-refractivity contribution is 0.622. The van der Waals surface area contributed by atoms with Gasteiger partial charge in [0.1, 0.15) is 5.82 Å². The van der Waals surface area contributed by atoms with E-state index < -0.39 is 0 Å². The summed E-state index contributed by atoms with van der Waals surface area (Å²) in [5.41, 5.74) is 9.14. The maximum Gasteiger partial charge on any atom is 0.123 e. The molecule has 0 saturated heterocycles. The minimum atomic E-state index is -0.233. The molecule has 0 spiro atoms. The smallest absolute Gasteiger partial charge is 0.123 e. The maximum absolute atomic E-state index is 13.4. The van der Waals surface area contributed by atoms with Gasteiger partial charge in [0.2, 0.25) is 0 Å². The van der Waals surface area contributed by atoms with Crippen molar-refractivity contribution >= 4 is 11.3 Å². The van der Waals surface area contributed by atoms with Gasteiger partial charge in [0.25, 0.3) is 0 Å². The molecule has 1 unspecified atom stereocenters. The van der Waals surface area contributed by atoms with E-state index in [2.05, 4.69) is 13.0 Å². The van der Waals surface area contributed by atoms with Crippen molar-refractivity contribution in [2.24, 2.45) is 5.73 Å². The van der Waals surface area contributed by atoms with Crippen molar-refractivity contribution in [3.8, 4) is 0 Å². The lowest BCUT2D eigenvalue weighted by atomic mass is 10.0. The Morgan fingerprint density at radius 2 is 1.82 bits per heavy atom. The summed E-state index contributed by atoms with van der Waals surface area (Å²) < 4.78 is 13.4. The summed E-state index contributed by atoms with van der Waals surface area (Å²) in [6.45, 7) is 5.99. The van der Waals surface area contributed by atoms with E-state index in [9.17, 15) is 4.39 Å². The lowest BCUT2D eigenvalue weighted by Crippen LogP contribution is -2.11. The highest BCUT2D eigenvalue weighted by molar-refractivity contribution is 7.12. The van der Waals surface area contributed by atoms with Crippen LogP contribution in [0.25, 0.3) is 0 Å². The van der Waals surface area contributed by atoms with Crippen LogP contribution in [-0.4, -0.2) is 0 Å². The van der Waals surface area contributed by atoms with Gasteiger partial charge in [0, 0.05) is 9.75 Å². The van der Waals surface area contributed by atoms with Crippen molar-refractivity contribution in [2.45, 2.75) is 26.8 Å². The SMILES string of the molecule is Cc1cc(F)cc(C(N)c2sc(C)cc2C)c1. The fourth-order valence-electron chi connectivity index (χ4n) is 2.06. The molecule has 2 aromatic rings. The number of thiophene rings is 1. The minimum absolute atomic E-state index is 0.221. The van der Waals surface area contributed by atoms with Crippen molar-refractivity contribution in [1.29, 1.82) is 0 Å². The molecule has 3 heteroatoms. The van der Waals surface area contributed by atoms with Crippen molar-refractivity contribution in [2.75, 3.05) is 0 Å². The molecule has 0 amide bonds. The van der Waals surface area contributed by atoms with Gasteiger partial charge >= 0.3 is 0 Å². The van der Waals surface area contributed by atoms with E-state index in [1.54, 1.807) is 11.3 Å². The molecule has 17 heavy (non-hydrogen) atoms. The Kier molecular flexibility index (Phi) is 3.31. The summed E-state index contributed by atoms with van der Waals surface area (Å²) in [6.07, 6.45) is 0. The van der Waals surface area contributed by atoms with Crippen LogP contribution in [0.1, 0.15) is 32.5 Å². The third-order valence-electron chi connectivity index (χ3n) is 2.79. The summed E-state index contributed by atoms with van der Waals surface area (Å²) in [7, 11) is 0. The topological polar surface area (TPSA) is 26.0 Å². The molecule has 0 aliphatic carbocycles. The van der Waals surface area contributed by atoms with Gasteiger partial charge in [0.05, 0.1) is 6.04 Å². The van der Waals surface area contributed by atoms with Crippen molar-refractivity contribution < 1.29 is 4.39 Å². The molecule has 1 aromatic heterocycles. The third kappa shape index (κ3) is 2.56. The van der Waals surface area contributed by atoms with Gasteiger partial charge in [-0.15, -0.1) is 11.3 Å². The molecule has 0 saturated carbocycles. The number of nitrogens with two attached hydrogens (primary N) is 1. The van der Waals surface area contributed by atoms with E-state index in [1.165, 1.54) is 22.6 Å². The van der Waals surface area contributed by atoms with E-state index in [-0.39, 0.29) is 11.9 Å². The molecule has 2 rings (SSSR count). The monoisotopic (exact) mass is 249 g/mol. The maximum atomic E-state index is 13.4. The highest BCUT2D eigenvalue weighted by Crippen LogP contribution is 2.30. The summed E-state index contributed by atoms with van der Waals surface area (Å²) in [5.74, 6) is -0.221. The molecule has 1 atom stereocenters. The molecule has 0 aliphatic rings. The van der Waals surface area contributed by atoms with E-state index >= 15 is 0 Å². The molecule has 1 aromatic carbocycles. The first-order valence-corrected chi connectivity index (χ1v) is 6.38. The van der Waals surface area contributed by atoms with Gasteiger partial charge in [-0.3, -0.25) is 0 Å². The van der Waals surface area contributed by atoms with Crippen LogP contribution < -0.4 is 5.73 Å². The largest absolute Gasteiger partial charge is 0.320 e. The second-order valence-electron chi connectivity index (χ2n) is 4.44. The van der Waals surface area contributed by atoms with Crippen LogP contribution in [0.15, 0.2) is 24.3 Å². The van der Waals surface area contributed by atoms with Crippen LogP contribution in [0.4, 0.5) is 4.39 Å². The minimum Gasteiger partial charge on any atom is -0.320 e. The van der Waals surface area contributed by atoms with Gasteiger partial charge in [-0.25, -0.2) is 4.39 Å². The Morgan fingerprint density at radius 1 is 1.12 bits per heavy atom. The molecule has 1 heterocycles. The zero-order chi connectivity index (χ0) is 12.6. The van der Waals surface area contributed by atoms with Crippen LogP contribution in [0.2, 0.25) is 0 Å². The van der Waals surface area contributed by atoms with E-state index in [1.807, 2.05) is 19.9 Å². The first-order chi connectivity index (χ1) is 7.97. The Bertz CT molecular complexity index is 525. The summed E-state index contributed by atoms with van der Waals surface area (Å²) in [4.78, 5) is 2.36. The van der Waals surface area contributed by atoms with Crippen LogP contribution in [0, 0.1) is 26.6 Å². The van der Waals surface area contributed by atoms with Crippen LogP contribution >= 0.6 is 11.3 Å². The second kappa shape index (κ2) is 4.59. The number of halogens is 1. The highest BCUT2D eigenvalue weighted by atomic mass is 32.1. The molecule has 90 valence electrons. The average Bonchev–Trinajstić information content (AvgIpc) is 2.55. The fraction of sp³-hybridized carbons (Fsp3) is 0.286. The quantitative estimate of drug-likeness (QED) is 0.859. The summed E-state index contributed by atoms with van der Waals surface area (Å²) in [5, 5.41) is 0. The third-order valence-corrected chi connectivity index (χ3v) is 4.02. The highest BCUT2D eigenvalue weighted by Gasteiger charge is 2.15. The van der Waals surface area contributed by atoms with Gasteiger partial charge in [0.15, 0.2) is 0 Å². The molecule has 0 bridgehead atoms. The predicted octanol–water partition coefficient (Wildman–Crippen LogP) is 3.86. The Morgan fingerprint density at radius 3 is 2.35 bits per heavy atom. The zero-order valence-electron chi connectivity index (χ0n) is 10.3. The number of aryl methyl sites for hydroxylation is 3. The molecule has 1 nitrogen and oxygen atoms in total. The number of benzene rings is 1. The predicted molar refractivity (Wildman–Crippen MR) is 71.0 cm³/mol. The Labute approximate surface area is 105 Å². The molecule has 0 fully saturated rings.